The van der Waals surface area contributed by atoms with Gasteiger partial charge in [-0.25, -0.2) is 0 Å². The van der Waals surface area contributed by atoms with E-state index in [0.29, 0.717) is 0 Å². The Kier molecular flexibility index (Phi) is 3.94. The average molecular weight is 393 g/mol. The maximum atomic E-state index is 2.75. The van der Waals surface area contributed by atoms with Crippen molar-refractivity contribution in [3.63, 3.8) is 0 Å². The first-order valence-electron chi connectivity index (χ1n) is 11.1. The predicted molar refractivity (Wildman–Crippen MR) is 124 cm³/mol. The van der Waals surface area contributed by atoms with Crippen LogP contribution in [0.4, 0.5) is 0 Å². The molecule has 2 heteroatoms. The molecule has 0 amide bonds. The number of hydrogen-bond donors (Lipinski definition) is 0. The summed E-state index contributed by atoms with van der Waals surface area (Å²) in [7, 11) is 2.26. The summed E-state index contributed by atoms with van der Waals surface area (Å²) in [5, 5.41) is 1.49. The van der Waals surface area contributed by atoms with Crippen LogP contribution in [0, 0.1) is 6.92 Å². The van der Waals surface area contributed by atoms with Gasteiger partial charge >= 0.3 is 0 Å². The van der Waals surface area contributed by atoms with Gasteiger partial charge in [-0.1, -0.05) is 72.3 Å². The molecular weight excluding hydrogens is 364 g/mol. The fourth-order valence-corrected chi connectivity index (χ4v) is 5.99. The molecule has 2 aliphatic heterocycles. The van der Waals surface area contributed by atoms with Crippen LogP contribution in [0.1, 0.15) is 33.5 Å². The molecule has 0 bridgehead atoms. The number of hydrogen-bond acceptors (Lipinski definition) is 1. The van der Waals surface area contributed by atoms with Crippen molar-refractivity contribution < 1.29 is 0 Å². The van der Waals surface area contributed by atoms with Crippen LogP contribution in [0.3, 0.4) is 0 Å². The lowest BCUT2D eigenvalue weighted by Crippen LogP contribution is -2.36. The summed E-state index contributed by atoms with van der Waals surface area (Å²) >= 11 is 0. The third kappa shape index (κ3) is 2.40. The molecule has 2 aliphatic rings. The Bertz CT molecular complexity index is 1190. The van der Waals surface area contributed by atoms with Crippen LogP contribution in [0.2, 0.25) is 0 Å². The number of nitrogens with zero attached hydrogens (tertiary/aromatic N) is 2. The van der Waals surface area contributed by atoms with E-state index in [1.54, 1.807) is 11.3 Å². The Morgan fingerprint density at radius 1 is 0.800 bits per heavy atom. The largest absolute Gasteiger partial charge is 0.329 e. The van der Waals surface area contributed by atoms with E-state index in [2.05, 4.69) is 96.2 Å². The van der Waals surface area contributed by atoms with Gasteiger partial charge in [-0.3, -0.25) is 0 Å². The van der Waals surface area contributed by atoms with Crippen LogP contribution in [0.15, 0.2) is 72.8 Å². The van der Waals surface area contributed by atoms with Crippen molar-refractivity contribution in [2.75, 3.05) is 20.1 Å². The van der Waals surface area contributed by atoms with Crippen molar-refractivity contribution in [3.05, 3.63) is 106 Å². The molecule has 0 atom stereocenters. The summed E-state index contributed by atoms with van der Waals surface area (Å²) in [5.41, 5.74) is 10.1. The molecule has 3 aromatic carbocycles. The Morgan fingerprint density at radius 2 is 1.43 bits per heavy atom. The molecule has 0 aliphatic carbocycles. The molecule has 4 aromatic rings. The molecule has 0 saturated carbocycles. The van der Waals surface area contributed by atoms with E-state index in [1.165, 1.54) is 33.2 Å². The standard InChI is InChI=1S/C28H28N2/c1-20-17-21-19-28(22-9-5-3-6-10-22,23-11-7-4-8-12-23)30-26-14-16-29(2)15-13-24(26)25(18-20)27(21)30/h3-12,17-18H,13-16,19H2,1-2H3. The second kappa shape index (κ2) is 6.58. The van der Waals surface area contributed by atoms with E-state index in [1.807, 2.05) is 0 Å². The van der Waals surface area contributed by atoms with Crippen LogP contribution in [-0.2, 0) is 24.8 Å². The van der Waals surface area contributed by atoms with Gasteiger partial charge in [-0.05, 0) is 48.7 Å². The highest BCUT2D eigenvalue weighted by Crippen LogP contribution is 2.49. The molecule has 30 heavy (non-hydrogen) atoms. The van der Waals surface area contributed by atoms with E-state index in [4.69, 9.17) is 0 Å². The van der Waals surface area contributed by atoms with Gasteiger partial charge in [-0.15, -0.1) is 0 Å². The lowest BCUT2D eigenvalue weighted by Gasteiger charge is -2.35. The summed E-state index contributed by atoms with van der Waals surface area (Å²) in [5.74, 6) is 0. The van der Waals surface area contributed by atoms with Crippen LogP contribution in [0.25, 0.3) is 10.9 Å². The van der Waals surface area contributed by atoms with E-state index < -0.39 is 0 Å². The minimum absolute atomic E-state index is 0.173. The van der Waals surface area contributed by atoms with E-state index >= 15 is 0 Å². The van der Waals surface area contributed by atoms with Crippen LogP contribution >= 0.6 is 0 Å². The molecule has 2 nitrogen and oxygen atoms in total. The van der Waals surface area contributed by atoms with Crippen molar-refractivity contribution in [2.24, 2.45) is 0 Å². The van der Waals surface area contributed by atoms with E-state index in [0.717, 1.165) is 32.4 Å². The Labute approximate surface area is 178 Å². The first kappa shape index (κ1) is 18.0. The van der Waals surface area contributed by atoms with Crippen LogP contribution in [-0.4, -0.2) is 29.6 Å². The second-order valence-corrected chi connectivity index (χ2v) is 9.15. The number of fused-ring (bicyclic) bond motifs is 3. The molecule has 3 heterocycles. The van der Waals surface area contributed by atoms with E-state index in [-0.39, 0.29) is 5.54 Å². The Hall–Kier alpha value is -2.84. The van der Waals surface area contributed by atoms with Crippen molar-refractivity contribution in [1.29, 1.82) is 0 Å². The van der Waals surface area contributed by atoms with Crippen molar-refractivity contribution >= 4 is 10.9 Å². The van der Waals surface area contributed by atoms with Gasteiger partial charge in [0.25, 0.3) is 0 Å². The minimum Gasteiger partial charge on any atom is -0.329 e. The lowest BCUT2D eigenvalue weighted by atomic mass is 9.79. The average Bonchev–Trinajstić information content (AvgIpc) is 3.20. The maximum absolute atomic E-state index is 2.75. The van der Waals surface area contributed by atoms with Gasteiger partial charge in [0.1, 0.15) is 0 Å². The van der Waals surface area contributed by atoms with Gasteiger partial charge in [-0.2, -0.15) is 0 Å². The predicted octanol–water partition coefficient (Wildman–Crippen LogP) is 5.33. The summed E-state index contributed by atoms with van der Waals surface area (Å²) in [4.78, 5) is 2.48. The van der Waals surface area contributed by atoms with Gasteiger partial charge in [0.2, 0.25) is 0 Å². The highest BCUT2D eigenvalue weighted by atomic mass is 15.1. The summed E-state index contributed by atoms with van der Waals surface area (Å²) in [6.07, 6.45) is 3.27. The number of benzene rings is 3. The highest BCUT2D eigenvalue weighted by molar-refractivity contribution is 5.92. The van der Waals surface area contributed by atoms with Crippen molar-refractivity contribution in [2.45, 2.75) is 31.7 Å². The minimum atomic E-state index is -0.173. The van der Waals surface area contributed by atoms with Crippen LogP contribution in [0.5, 0.6) is 0 Å². The van der Waals surface area contributed by atoms with Crippen LogP contribution < -0.4 is 0 Å². The quantitative estimate of drug-likeness (QED) is 0.448. The van der Waals surface area contributed by atoms with Gasteiger partial charge in [0.15, 0.2) is 0 Å². The number of aryl methyl sites for hydroxylation is 1. The topological polar surface area (TPSA) is 8.17 Å². The first-order valence-corrected chi connectivity index (χ1v) is 11.1. The summed E-state index contributed by atoms with van der Waals surface area (Å²) in [6.45, 7) is 4.52. The van der Waals surface area contributed by atoms with Gasteiger partial charge in [0.05, 0.1) is 11.1 Å². The van der Waals surface area contributed by atoms with Gasteiger partial charge < -0.3 is 9.47 Å². The second-order valence-electron chi connectivity index (χ2n) is 9.15. The molecule has 0 unspecified atom stereocenters. The first-order chi connectivity index (χ1) is 14.7. The van der Waals surface area contributed by atoms with Gasteiger partial charge in [0, 0.05) is 37.0 Å². The Morgan fingerprint density at radius 3 is 2.10 bits per heavy atom. The van der Waals surface area contributed by atoms with Crippen molar-refractivity contribution in [1.82, 2.24) is 9.47 Å². The number of likely N-dealkylation sites (N-methyl/N-ethyl adjacent to an activating group) is 1. The third-order valence-corrected chi connectivity index (χ3v) is 7.30. The molecule has 0 N–H and O–H groups in total. The fourth-order valence-electron chi connectivity index (χ4n) is 5.99. The lowest BCUT2D eigenvalue weighted by molar-refractivity contribution is 0.348. The third-order valence-electron chi connectivity index (χ3n) is 7.30. The van der Waals surface area contributed by atoms with E-state index in [9.17, 15) is 0 Å². The monoisotopic (exact) mass is 392 g/mol. The molecule has 6 rings (SSSR count). The number of aromatic nitrogens is 1. The van der Waals surface area contributed by atoms with Crippen molar-refractivity contribution in [3.8, 4) is 0 Å². The molecule has 1 aromatic heterocycles. The fraction of sp³-hybridized carbons (Fsp3) is 0.286. The maximum Gasteiger partial charge on any atom is 0.0993 e. The molecule has 0 radical (unpaired) electrons. The summed E-state index contributed by atoms with van der Waals surface area (Å²) < 4.78 is 2.75. The molecule has 0 fully saturated rings. The zero-order chi connectivity index (χ0) is 20.3. The molecule has 0 spiro atoms. The normalized spacial score (nSPS) is 17.8. The summed E-state index contributed by atoms with van der Waals surface area (Å²) in [6, 6.07) is 27.2. The molecule has 150 valence electrons. The Balaban J connectivity index is 1.74. The SMILES string of the molecule is Cc1cc2c3c(c1)c1c(n3C(c3ccccc3)(c3ccccc3)C2)CCN(C)CC1. The smallest absolute Gasteiger partial charge is 0.0993 e. The zero-order valence-corrected chi connectivity index (χ0v) is 17.9. The zero-order valence-electron chi connectivity index (χ0n) is 17.9. The highest BCUT2D eigenvalue weighted by Gasteiger charge is 2.45. The molecular formula is C28H28N2. The molecule has 0 saturated heterocycles. The number of rotatable bonds is 2.